The number of anilines is 2. The zero-order valence-electron chi connectivity index (χ0n) is 22.5. The Morgan fingerprint density at radius 1 is 0.545 bits per heavy atom. The summed E-state index contributed by atoms with van der Waals surface area (Å²) in [6.45, 7) is 1.30. The lowest BCUT2D eigenvalue weighted by molar-refractivity contribution is 0.0683. The Balaban J connectivity index is 1.66. The van der Waals surface area contributed by atoms with Gasteiger partial charge >= 0.3 is 17.9 Å². The first-order chi connectivity index (χ1) is 20.8. The molecule has 11 nitrogen and oxygen atoms in total. The number of hydrogen-bond donors (Lipinski definition) is 5. The number of benzene rings is 4. The summed E-state index contributed by atoms with van der Waals surface area (Å²) in [7, 11) is 0. The summed E-state index contributed by atoms with van der Waals surface area (Å²) >= 11 is 12.1. The fourth-order valence-corrected chi connectivity index (χ4v) is 4.63. The van der Waals surface area contributed by atoms with Crippen molar-refractivity contribution in [2.24, 2.45) is 0 Å². The lowest BCUT2D eigenvalue weighted by atomic mass is 9.95. The van der Waals surface area contributed by atoms with Crippen LogP contribution in [0.5, 0.6) is 0 Å². The molecule has 0 spiro atoms. The van der Waals surface area contributed by atoms with Crippen LogP contribution >= 0.6 is 23.2 Å². The Morgan fingerprint density at radius 2 is 1.07 bits per heavy atom. The Bertz CT molecular complexity index is 1900. The van der Waals surface area contributed by atoms with Crippen molar-refractivity contribution in [2.45, 2.75) is 6.92 Å². The van der Waals surface area contributed by atoms with Gasteiger partial charge in [-0.15, -0.1) is 0 Å². The van der Waals surface area contributed by atoms with Gasteiger partial charge in [-0.05, 0) is 78.7 Å². The number of carbonyl (C=O) groups excluding carboxylic acids is 3. The van der Waals surface area contributed by atoms with Gasteiger partial charge in [-0.1, -0.05) is 35.3 Å². The maximum atomic E-state index is 13.0. The van der Waals surface area contributed by atoms with E-state index < -0.39 is 40.8 Å². The standard InChI is InChI=1S/C31H20Cl2N2O9/c1-14(36)21-13-18(5-9-24(21)32)34-27(37)19-6-2-15(10-22(19)30(41)42)16-3-7-20(23(11-16)31(43)44)28(38)35-26-12-17(29(39)40)4-8-25(26)33/h2-13H,1H3,(H,34,37)(H,35,38)(H,39,40)(H,41,42)(H,43,44). The molecule has 0 aliphatic rings. The molecule has 0 radical (unpaired) electrons. The first kappa shape index (κ1) is 31.4. The van der Waals surface area contributed by atoms with Crippen LogP contribution in [0.25, 0.3) is 11.1 Å². The third-order valence-corrected chi connectivity index (χ3v) is 7.05. The molecule has 0 heterocycles. The highest BCUT2D eigenvalue weighted by molar-refractivity contribution is 6.34. The number of aromatic carboxylic acids is 3. The molecule has 5 N–H and O–H groups in total. The Hall–Kier alpha value is -5.52. The van der Waals surface area contributed by atoms with Gasteiger partial charge in [-0.2, -0.15) is 0 Å². The minimum Gasteiger partial charge on any atom is -0.478 e. The number of rotatable bonds is 9. The highest BCUT2D eigenvalue weighted by Gasteiger charge is 2.22. The number of carboxylic acid groups (broad SMARTS) is 3. The summed E-state index contributed by atoms with van der Waals surface area (Å²) in [6, 6.07) is 15.4. The smallest absolute Gasteiger partial charge is 0.336 e. The number of carbonyl (C=O) groups is 6. The van der Waals surface area contributed by atoms with Crippen molar-refractivity contribution in [1.82, 2.24) is 0 Å². The van der Waals surface area contributed by atoms with E-state index in [9.17, 15) is 44.1 Å². The molecule has 4 aromatic rings. The molecule has 0 unspecified atom stereocenters. The van der Waals surface area contributed by atoms with Crippen LogP contribution in [-0.2, 0) is 0 Å². The van der Waals surface area contributed by atoms with Crippen molar-refractivity contribution in [3.63, 3.8) is 0 Å². The molecular formula is C31H20Cl2N2O9. The minimum atomic E-state index is -1.47. The minimum absolute atomic E-state index is 0.0255. The lowest BCUT2D eigenvalue weighted by Gasteiger charge is -2.13. The van der Waals surface area contributed by atoms with Crippen LogP contribution in [-0.4, -0.2) is 50.8 Å². The number of carboxylic acids is 3. The quantitative estimate of drug-likeness (QED) is 0.129. The topological polar surface area (TPSA) is 187 Å². The van der Waals surface area contributed by atoms with E-state index >= 15 is 0 Å². The average molecular weight is 635 g/mol. The van der Waals surface area contributed by atoms with Gasteiger partial charge in [0.2, 0.25) is 0 Å². The van der Waals surface area contributed by atoms with Crippen LogP contribution in [0.1, 0.15) is 69.1 Å². The fraction of sp³-hybridized carbons (Fsp3) is 0.0323. The second-order valence-corrected chi connectivity index (χ2v) is 10.1. The molecule has 0 bridgehead atoms. The molecule has 4 rings (SSSR count). The predicted octanol–water partition coefficient (Wildman–Crippen LogP) is 6.46. The van der Waals surface area contributed by atoms with Crippen molar-refractivity contribution in [2.75, 3.05) is 10.6 Å². The second-order valence-electron chi connectivity index (χ2n) is 9.29. The highest BCUT2D eigenvalue weighted by Crippen LogP contribution is 2.29. The second kappa shape index (κ2) is 12.8. The number of ketones is 1. The summed E-state index contributed by atoms with van der Waals surface area (Å²) < 4.78 is 0. The van der Waals surface area contributed by atoms with Crippen molar-refractivity contribution in [3.05, 3.63) is 116 Å². The normalized spacial score (nSPS) is 10.5. The molecule has 222 valence electrons. The SMILES string of the molecule is CC(=O)c1cc(NC(=O)c2ccc(-c3ccc(C(=O)Nc4cc(C(=O)O)ccc4Cl)c(C(=O)O)c3)cc2C(=O)O)ccc1Cl. The van der Waals surface area contributed by atoms with Crippen LogP contribution in [0.2, 0.25) is 10.0 Å². The number of Topliss-reactive ketones (excluding diaryl/α,β-unsaturated/α-hetero) is 1. The highest BCUT2D eigenvalue weighted by atomic mass is 35.5. The maximum absolute atomic E-state index is 13.0. The van der Waals surface area contributed by atoms with E-state index in [1.54, 1.807) is 0 Å². The van der Waals surface area contributed by atoms with Gasteiger partial charge in [0.25, 0.3) is 11.8 Å². The number of halogens is 2. The third kappa shape index (κ3) is 6.75. The molecule has 0 aromatic heterocycles. The molecule has 0 aliphatic heterocycles. The molecule has 4 aromatic carbocycles. The molecule has 2 amide bonds. The van der Waals surface area contributed by atoms with Crippen molar-refractivity contribution in [3.8, 4) is 11.1 Å². The monoisotopic (exact) mass is 634 g/mol. The molecule has 0 atom stereocenters. The molecular weight excluding hydrogens is 615 g/mol. The summed E-state index contributed by atoms with van der Waals surface area (Å²) in [4.78, 5) is 73.2. The molecule has 0 saturated heterocycles. The van der Waals surface area contributed by atoms with Crippen LogP contribution < -0.4 is 10.6 Å². The van der Waals surface area contributed by atoms with Crippen LogP contribution in [0.15, 0.2) is 72.8 Å². The van der Waals surface area contributed by atoms with E-state index in [2.05, 4.69) is 10.6 Å². The fourth-order valence-electron chi connectivity index (χ4n) is 4.21. The van der Waals surface area contributed by atoms with E-state index in [1.807, 2.05) is 0 Å². The zero-order chi connectivity index (χ0) is 32.3. The van der Waals surface area contributed by atoms with Gasteiger partial charge in [0.05, 0.1) is 43.5 Å². The van der Waals surface area contributed by atoms with E-state index in [0.717, 1.165) is 12.1 Å². The number of nitrogens with one attached hydrogen (secondary N) is 2. The Labute approximate surface area is 258 Å². The third-order valence-electron chi connectivity index (χ3n) is 6.39. The largest absolute Gasteiger partial charge is 0.478 e. The first-order valence-electron chi connectivity index (χ1n) is 12.5. The molecule has 13 heteroatoms. The van der Waals surface area contributed by atoms with Gasteiger partial charge in [0, 0.05) is 11.3 Å². The van der Waals surface area contributed by atoms with Gasteiger partial charge < -0.3 is 26.0 Å². The summed E-state index contributed by atoms with van der Waals surface area (Å²) in [5.41, 5.74) is -0.690. The van der Waals surface area contributed by atoms with E-state index in [0.29, 0.717) is 0 Å². The van der Waals surface area contributed by atoms with E-state index in [-0.39, 0.29) is 60.6 Å². The molecule has 0 aliphatic carbocycles. The molecule has 0 saturated carbocycles. The lowest BCUT2D eigenvalue weighted by Crippen LogP contribution is -2.17. The van der Waals surface area contributed by atoms with Gasteiger partial charge in [-0.25, -0.2) is 14.4 Å². The maximum Gasteiger partial charge on any atom is 0.336 e. The first-order valence-corrected chi connectivity index (χ1v) is 13.2. The van der Waals surface area contributed by atoms with Crippen LogP contribution in [0.3, 0.4) is 0 Å². The number of hydrogen-bond acceptors (Lipinski definition) is 6. The van der Waals surface area contributed by atoms with Gasteiger partial charge in [0.15, 0.2) is 5.78 Å². The number of amides is 2. The van der Waals surface area contributed by atoms with E-state index in [4.69, 9.17) is 23.2 Å². The summed E-state index contributed by atoms with van der Waals surface area (Å²) in [5, 5.41) is 34.0. The Morgan fingerprint density at radius 3 is 1.57 bits per heavy atom. The van der Waals surface area contributed by atoms with Crippen molar-refractivity contribution < 1.29 is 44.1 Å². The van der Waals surface area contributed by atoms with Crippen molar-refractivity contribution >= 4 is 70.1 Å². The van der Waals surface area contributed by atoms with Crippen LogP contribution in [0, 0.1) is 0 Å². The van der Waals surface area contributed by atoms with Crippen LogP contribution in [0.4, 0.5) is 11.4 Å². The van der Waals surface area contributed by atoms with Gasteiger partial charge in [-0.3, -0.25) is 14.4 Å². The van der Waals surface area contributed by atoms with Gasteiger partial charge in [0.1, 0.15) is 0 Å². The summed E-state index contributed by atoms with van der Waals surface area (Å²) in [6.07, 6.45) is 0. The van der Waals surface area contributed by atoms with E-state index in [1.165, 1.54) is 67.6 Å². The Kier molecular flexibility index (Phi) is 9.12. The molecule has 44 heavy (non-hydrogen) atoms. The predicted molar refractivity (Wildman–Crippen MR) is 162 cm³/mol. The zero-order valence-corrected chi connectivity index (χ0v) is 24.0. The van der Waals surface area contributed by atoms with Crippen molar-refractivity contribution in [1.29, 1.82) is 0 Å². The summed E-state index contributed by atoms with van der Waals surface area (Å²) in [5.74, 6) is -6.16. The average Bonchev–Trinajstić information content (AvgIpc) is 2.98. The molecule has 0 fully saturated rings.